The maximum absolute atomic E-state index is 15.9. The van der Waals surface area contributed by atoms with Gasteiger partial charge in [0.25, 0.3) is 8.32 Å². The minimum Gasteiger partial charge on any atom is -0.452 e. The molecule has 4 rings (SSSR count). The number of rotatable bonds is 6. The molecule has 1 fully saturated rings. The summed E-state index contributed by atoms with van der Waals surface area (Å²) in [5.41, 5.74) is -0.846. The molecule has 0 bridgehead atoms. The summed E-state index contributed by atoms with van der Waals surface area (Å²) < 4.78 is 40.5. The Balaban J connectivity index is 1.80. The third-order valence-corrected chi connectivity index (χ3v) is 11.9. The lowest BCUT2D eigenvalue weighted by atomic mass is 9.97. The summed E-state index contributed by atoms with van der Waals surface area (Å²) in [5, 5.41) is 1.93. The van der Waals surface area contributed by atoms with E-state index in [0.717, 1.165) is 10.4 Å². The molecule has 2 aliphatic rings. The molecule has 1 heterocycles. The van der Waals surface area contributed by atoms with E-state index in [4.69, 9.17) is 18.6 Å². The summed E-state index contributed by atoms with van der Waals surface area (Å²) in [4.78, 5) is 11.8. The number of benzene rings is 2. The second kappa shape index (κ2) is 8.96. The number of carbonyl (C=O) groups is 1. The SMILES string of the molecule is CC(=O)O[C@H]1C(F)=C(CO[Si](c2ccccc2)(c2ccccc2)C(C)(C)C)[C@H]2OC(C)(C)O[C@]21C. The highest BCUT2D eigenvalue weighted by Gasteiger charge is 2.64. The average molecular weight is 499 g/mol. The number of hydrogen-bond acceptors (Lipinski definition) is 5. The second-order valence-electron chi connectivity index (χ2n) is 11.0. The van der Waals surface area contributed by atoms with Gasteiger partial charge < -0.3 is 18.6 Å². The van der Waals surface area contributed by atoms with Crippen LogP contribution in [0, 0.1) is 0 Å². The van der Waals surface area contributed by atoms with Gasteiger partial charge in [0.2, 0.25) is 0 Å². The molecule has 1 aliphatic heterocycles. The quantitative estimate of drug-likeness (QED) is 0.429. The molecule has 2 aromatic carbocycles. The van der Waals surface area contributed by atoms with E-state index < -0.39 is 43.7 Å². The molecule has 188 valence electrons. The zero-order valence-electron chi connectivity index (χ0n) is 21.6. The molecule has 0 radical (unpaired) electrons. The van der Waals surface area contributed by atoms with Crippen LogP contribution in [0.1, 0.15) is 48.5 Å². The van der Waals surface area contributed by atoms with Gasteiger partial charge in [0.1, 0.15) is 17.5 Å². The Labute approximate surface area is 208 Å². The second-order valence-corrected chi connectivity index (χ2v) is 15.3. The standard InChI is InChI=1S/C28H35FO5Si/c1-19(30)32-25-23(29)22(24-28(25,7)34-27(5,6)33-24)18-31-35(26(2,3)4,20-14-10-8-11-15-20)21-16-12-9-13-17-21/h8-17,24-25H,18H2,1-7H3/t24-,25+,28-/m1/s1. The predicted octanol–water partition coefficient (Wildman–Crippen LogP) is 4.64. The third-order valence-electron chi connectivity index (χ3n) is 6.91. The van der Waals surface area contributed by atoms with Gasteiger partial charge in [0, 0.05) is 12.5 Å². The molecule has 0 aromatic heterocycles. The molecule has 0 saturated carbocycles. The number of halogens is 1. The molecular formula is C28H35FO5Si. The highest BCUT2D eigenvalue weighted by atomic mass is 28.4. The van der Waals surface area contributed by atoms with Crippen molar-refractivity contribution in [2.75, 3.05) is 6.61 Å². The van der Waals surface area contributed by atoms with Gasteiger partial charge in [-0.15, -0.1) is 0 Å². The Morgan fingerprint density at radius 1 is 1.00 bits per heavy atom. The van der Waals surface area contributed by atoms with E-state index in [2.05, 4.69) is 45.0 Å². The molecule has 0 N–H and O–H groups in total. The largest absolute Gasteiger partial charge is 0.452 e. The number of ether oxygens (including phenoxy) is 3. The Hall–Kier alpha value is -2.32. The van der Waals surface area contributed by atoms with Crippen LogP contribution in [-0.2, 0) is 23.4 Å². The van der Waals surface area contributed by atoms with Crippen LogP contribution in [-0.4, -0.2) is 44.5 Å². The predicted molar refractivity (Wildman–Crippen MR) is 136 cm³/mol. The fraction of sp³-hybridized carbons (Fsp3) is 0.464. The van der Waals surface area contributed by atoms with Gasteiger partial charge in [-0.1, -0.05) is 81.4 Å². The first kappa shape index (κ1) is 25.8. The minimum absolute atomic E-state index is 0.00340. The van der Waals surface area contributed by atoms with Crippen molar-refractivity contribution in [1.82, 2.24) is 0 Å². The normalized spacial score (nSPS) is 26.1. The van der Waals surface area contributed by atoms with E-state index in [1.807, 2.05) is 36.4 Å². The monoisotopic (exact) mass is 498 g/mol. The van der Waals surface area contributed by atoms with Gasteiger partial charge in [-0.25, -0.2) is 4.39 Å². The first-order valence-electron chi connectivity index (χ1n) is 12.0. The average Bonchev–Trinajstić information content (AvgIpc) is 3.13. The summed E-state index contributed by atoms with van der Waals surface area (Å²) in [6.45, 7) is 13.1. The summed E-state index contributed by atoms with van der Waals surface area (Å²) in [5.74, 6) is -2.09. The molecule has 5 nitrogen and oxygen atoms in total. The van der Waals surface area contributed by atoms with Gasteiger partial charge in [0.15, 0.2) is 11.9 Å². The lowest BCUT2D eigenvalue weighted by Crippen LogP contribution is -2.66. The lowest BCUT2D eigenvalue weighted by Gasteiger charge is -2.43. The van der Waals surface area contributed by atoms with E-state index in [1.54, 1.807) is 20.8 Å². The smallest absolute Gasteiger partial charge is 0.303 e. The van der Waals surface area contributed by atoms with Crippen LogP contribution in [0.25, 0.3) is 0 Å². The number of fused-ring (bicyclic) bond motifs is 1. The maximum atomic E-state index is 15.9. The van der Waals surface area contributed by atoms with Gasteiger partial charge in [-0.2, -0.15) is 0 Å². The van der Waals surface area contributed by atoms with Gasteiger partial charge in [-0.05, 0) is 36.2 Å². The molecule has 0 spiro atoms. The van der Waals surface area contributed by atoms with Crippen molar-refractivity contribution in [3.63, 3.8) is 0 Å². The lowest BCUT2D eigenvalue weighted by molar-refractivity contribution is -0.189. The van der Waals surface area contributed by atoms with E-state index in [1.165, 1.54) is 6.92 Å². The highest BCUT2D eigenvalue weighted by Crippen LogP contribution is 2.51. The fourth-order valence-electron chi connectivity index (χ4n) is 5.59. The molecule has 0 amide bonds. The van der Waals surface area contributed by atoms with Gasteiger partial charge in [-0.3, -0.25) is 4.79 Å². The van der Waals surface area contributed by atoms with E-state index in [-0.39, 0.29) is 11.6 Å². The van der Waals surface area contributed by atoms with E-state index >= 15 is 4.39 Å². The summed E-state index contributed by atoms with van der Waals surface area (Å²) in [6, 6.07) is 20.4. The maximum Gasteiger partial charge on any atom is 0.303 e. The van der Waals surface area contributed by atoms with Crippen molar-refractivity contribution in [2.24, 2.45) is 0 Å². The summed E-state index contributed by atoms with van der Waals surface area (Å²) in [6.07, 6.45) is -1.93. The Morgan fingerprint density at radius 3 is 1.97 bits per heavy atom. The molecule has 35 heavy (non-hydrogen) atoms. The third kappa shape index (κ3) is 4.39. The Morgan fingerprint density at radius 2 is 1.51 bits per heavy atom. The van der Waals surface area contributed by atoms with Crippen LogP contribution >= 0.6 is 0 Å². The van der Waals surface area contributed by atoms with Crippen molar-refractivity contribution in [2.45, 2.75) is 77.1 Å². The van der Waals surface area contributed by atoms with Crippen LogP contribution in [0.4, 0.5) is 4.39 Å². The first-order valence-corrected chi connectivity index (χ1v) is 13.9. The van der Waals surface area contributed by atoms with Crippen LogP contribution in [0.2, 0.25) is 5.04 Å². The van der Waals surface area contributed by atoms with Crippen LogP contribution in [0.3, 0.4) is 0 Å². The van der Waals surface area contributed by atoms with Crippen LogP contribution in [0.5, 0.6) is 0 Å². The summed E-state index contributed by atoms with van der Waals surface area (Å²) >= 11 is 0. The minimum atomic E-state index is -2.91. The van der Waals surface area contributed by atoms with Crippen molar-refractivity contribution in [3.05, 3.63) is 72.1 Å². The molecule has 3 atom stereocenters. The van der Waals surface area contributed by atoms with Crippen molar-refractivity contribution in [3.8, 4) is 0 Å². The molecule has 7 heteroatoms. The zero-order valence-corrected chi connectivity index (χ0v) is 22.6. The fourth-order valence-corrected chi connectivity index (χ4v) is 10.1. The number of carbonyl (C=O) groups excluding carboxylic acids is 1. The molecule has 2 aromatic rings. The van der Waals surface area contributed by atoms with E-state index in [9.17, 15) is 4.79 Å². The van der Waals surface area contributed by atoms with Crippen LogP contribution < -0.4 is 10.4 Å². The van der Waals surface area contributed by atoms with E-state index in [0.29, 0.717) is 5.57 Å². The van der Waals surface area contributed by atoms with Crippen molar-refractivity contribution in [1.29, 1.82) is 0 Å². The van der Waals surface area contributed by atoms with Crippen molar-refractivity contribution >= 4 is 24.7 Å². The Kier molecular flexibility index (Phi) is 6.60. The highest BCUT2D eigenvalue weighted by molar-refractivity contribution is 6.99. The molecule has 1 saturated heterocycles. The molecule has 1 aliphatic carbocycles. The summed E-state index contributed by atoms with van der Waals surface area (Å²) in [7, 11) is -2.91. The van der Waals surface area contributed by atoms with Crippen LogP contribution in [0.15, 0.2) is 72.1 Å². The topological polar surface area (TPSA) is 54.0 Å². The Bertz CT molecular complexity index is 1070. The first-order chi connectivity index (χ1) is 16.3. The number of hydrogen-bond donors (Lipinski definition) is 0. The zero-order chi connectivity index (χ0) is 25.6. The van der Waals surface area contributed by atoms with Gasteiger partial charge in [0.05, 0.1) is 6.61 Å². The van der Waals surface area contributed by atoms with Gasteiger partial charge >= 0.3 is 5.97 Å². The molecular weight excluding hydrogens is 463 g/mol. The molecule has 0 unspecified atom stereocenters. The van der Waals surface area contributed by atoms with Crippen molar-refractivity contribution < 1.29 is 27.8 Å². The number of esters is 1.